The highest BCUT2D eigenvalue weighted by atomic mass is 19.1. The highest BCUT2D eigenvalue weighted by molar-refractivity contribution is 5.64. The Morgan fingerprint density at radius 3 is 2.61 bits per heavy atom. The van der Waals surface area contributed by atoms with Crippen LogP contribution in [-0.2, 0) is 0 Å². The highest BCUT2D eigenvalue weighted by Gasteiger charge is 2.10. The number of pyridine rings is 1. The summed E-state index contributed by atoms with van der Waals surface area (Å²) in [6, 6.07) is 10.6. The van der Waals surface area contributed by atoms with E-state index in [2.05, 4.69) is 11.1 Å². The first-order valence-electron chi connectivity index (χ1n) is 5.78. The average Bonchev–Trinajstić information content (AvgIpc) is 2.38. The van der Waals surface area contributed by atoms with Crippen LogP contribution in [0.4, 0.5) is 4.39 Å². The molecule has 1 heterocycles. The van der Waals surface area contributed by atoms with E-state index in [0.717, 1.165) is 5.56 Å². The van der Waals surface area contributed by atoms with Gasteiger partial charge in [0.05, 0.1) is 17.3 Å². The van der Waals surface area contributed by atoms with Crippen LogP contribution in [-0.4, -0.2) is 4.98 Å². The molecular weight excluding hydrogens is 227 g/mol. The van der Waals surface area contributed by atoms with Gasteiger partial charge in [0.1, 0.15) is 5.82 Å². The maximum atomic E-state index is 13.8. The topological polar surface area (TPSA) is 36.7 Å². The summed E-state index contributed by atoms with van der Waals surface area (Å²) in [5.41, 5.74) is 2.51. The van der Waals surface area contributed by atoms with Crippen molar-refractivity contribution in [1.29, 1.82) is 5.26 Å². The Morgan fingerprint density at radius 1 is 1.22 bits per heavy atom. The molecule has 0 fully saturated rings. The molecule has 90 valence electrons. The molecular formula is C15H13FN2. The molecule has 0 radical (unpaired) electrons. The van der Waals surface area contributed by atoms with Crippen molar-refractivity contribution in [2.24, 2.45) is 0 Å². The number of halogens is 1. The molecule has 3 heteroatoms. The van der Waals surface area contributed by atoms with Crippen molar-refractivity contribution in [2.45, 2.75) is 19.8 Å². The van der Waals surface area contributed by atoms with E-state index in [1.165, 1.54) is 6.07 Å². The molecule has 0 aliphatic carbocycles. The van der Waals surface area contributed by atoms with Crippen LogP contribution in [0, 0.1) is 17.1 Å². The van der Waals surface area contributed by atoms with E-state index in [1.807, 2.05) is 19.9 Å². The molecule has 0 amide bonds. The Labute approximate surface area is 106 Å². The molecule has 0 aliphatic rings. The number of benzene rings is 1. The first-order valence-corrected chi connectivity index (χ1v) is 5.78. The van der Waals surface area contributed by atoms with Gasteiger partial charge in [-0.15, -0.1) is 0 Å². The second kappa shape index (κ2) is 4.97. The summed E-state index contributed by atoms with van der Waals surface area (Å²) in [4.78, 5) is 4.15. The number of rotatable bonds is 2. The third kappa shape index (κ3) is 2.38. The fraction of sp³-hybridized carbons (Fsp3) is 0.200. The van der Waals surface area contributed by atoms with Crippen LogP contribution in [0.25, 0.3) is 11.1 Å². The molecule has 0 atom stereocenters. The van der Waals surface area contributed by atoms with E-state index in [1.54, 1.807) is 24.4 Å². The Bertz CT molecular complexity index is 612. The van der Waals surface area contributed by atoms with Crippen LogP contribution < -0.4 is 0 Å². The molecule has 0 aliphatic heterocycles. The summed E-state index contributed by atoms with van der Waals surface area (Å²) in [7, 11) is 0. The Balaban J connectivity index is 2.46. The summed E-state index contributed by atoms with van der Waals surface area (Å²) in [6.07, 6.45) is 1.65. The van der Waals surface area contributed by atoms with Crippen LogP contribution in [0.5, 0.6) is 0 Å². The molecule has 2 aromatic rings. The maximum Gasteiger partial charge on any atom is 0.145 e. The van der Waals surface area contributed by atoms with Crippen LogP contribution in [0.3, 0.4) is 0 Å². The summed E-state index contributed by atoms with van der Waals surface area (Å²) < 4.78 is 13.8. The summed E-state index contributed by atoms with van der Waals surface area (Å²) >= 11 is 0. The number of hydrogen-bond donors (Lipinski definition) is 0. The molecule has 0 spiro atoms. The van der Waals surface area contributed by atoms with E-state index in [4.69, 9.17) is 5.26 Å². The predicted octanol–water partition coefficient (Wildman–Crippen LogP) is 3.88. The van der Waals surface area contributed by atoms with Gasteiger partial charge in [-0.2, -0.15) is 5.26 Å². The standard InChI is InChI=1S/C15H13FN2/c1-10(2)15-14(16)7-13(9-18-15)12-5-3-4-11(6-12)8-17/h3-7,9-10H,1-2H3. The number of aromatic nitrogens is 1. The SMILES string of the molecule is CC(C)c1ncc(-c2cccc(C#N)c2)cc1F. The highest BCUT2D eigenvalue weighted by Crippen LogP contribution is 2.23. The van der Waals surface area contributed by atoms with Gasteiger partial charge in [-0.1, -0.05) is 26.0 Å². The molecule has 1 aromatic carbocycles. The minimum absolute atomic E-state index is 0.0597. The van der Waals surface area contributed by atoms with Gasteiger partial charge < -0.3 is 0 Å². The molecule has 0 bridgehead atoms. The fourth-order valence-corrected chi connectivity index (χ4v) is 1.80. The van der Waals surface area contributed by atoms with Gasteiger partial charge in [0.15, 0.2) is 0 Å². The Hall–Kier alpha value is -2.21. The van der Waals surface area contributed by atoms with E-state index in [9.17, 15) is 4.39 Å². The van der Waals surface area contributed by atoms with Gasteiger partial charge in [0.25, 0.3) is 0 Å². The van der Waals surface area contributed by atoms with Gasteiger partial charge in [-0.05, 0) is 29.7 Å². The molecule has 0 N–H and O–H groups in total. The maximum absolute atomic E-state index is 13.8. The lowest BCUT2D eigenvalue weighted by Gasteiger charge is -2.08. The number of nitrogens with zero attached hydrogens (tertiary/aromatic N) is 2. The average molecular weight is 240 g/mol. The summed E-state index contributed by atoms with van der Waals surface area (Å²) in [5.74, 6) is -0.241. The molecule has 1 aromatic heterocycles. The van der Waals surface area contributed by atoms with Crippen molar-refractivity contribution < 1.29 is 4.39 Å². The lowest BCUT2D eigenvalue weighted by atomic mass is 10.0. The number of nitriles is 1. The van der Waals surface area contributed by atoms with E-state index in [0.29, 0.717) is 16.8 Å². The number of hydrogen-bond acceptors (Lipinski definition) is 2. The molecule has 0 unspecified atom stereocenters. The first-order chi connectivity index (χ1) is 8.61. The molecule has 2 rings (SSSR count). The zero-order valence-corrected chi connectivity index (χ0v) is 10.3. The normalized spacial score (nSPS) is 10.4. The molecule has 2 nitrogen and oxygen atoms in total. The smallest absolute Gasteiger partial charge is 0.145 e. The van der Waals surface area contributed by atoms with E-state index >= 15 is 0 Å². The minimum Gasteiger partial charge on any atom is -0.257 e. The van der Waals surface area contributed by atoms with Gasteiger partial charge >= 0.3 is 0 Å². The molecule has 18 heavy (non-hydrogen) atoms. The lowest BCUT2D eigenvalue weighted by molar-refractivity contribution is 0.585. The molecule has 0 saturated carbocycles. The largest absolute Gasteiger partial charge is 0.257 e. The van der Waals surface area contributed by atoms with Gasteiger partial charge in [-0.25, -0.2) is 4.39 Å². The van der Waals surface area contributed by atoms with E-state index < -0.39 is 0 Å². The second-order valence-corrected chi connectivity index (χ2v) is 4.44. The van der Waals surface area contributed by atoms with Gasteiger partial charge in [0.2, 0.25) is 0 Å². The van der Waals surface area contributed by atoms with Crippen molar-refractivity contribution in [3.8, 4) is 17.2 Å². The predicted molar refractivity (Wildman–Crippen MR) is 68.4 cm³/mol. The zero-order chi connectivity index (χ0) is 13.1. The van der Waals surface area contributed by atoms with Crippen molar-refractivity contribution in [3.05, 3.63) is 53.6 Å². The quantitative estimate of drug-likeness (QED) is 0.798. The second-order valence-electron chi connectivity index (χ2n) is 4.44. The third-order valence-electron chi connectivity index (χ3n) is 2.74. The van der Waals surface area contributed by atoms with Crippen molar-refractivity contribution >= 4 is 0 Å². The van der Waals surface area contributed by atoms with Crippen molar-refractivity contribution in [2.75, 3.05) is 0 Å². The first kappa shape index (κ1) is 12.3. The van der Waals surface area contributed by atoms with Gasteiger partial charge in [-0.3, -0.25) is 4.98 Å². The summed E-state index contributed by atoms with van der Waals surface area (Å²) in [5, 5.41) is 8.84. The third-order valence-corrected chi connectivity index (χ3v) is 2.74. The zero-order valence-electron chi connectivity index (χ0n) is 10.3. The van der Waals surface area contributed by atoms with Crippen molar-refractivity contribution in [1.82, 2.24) is 4.98 Å². The monoisotopic (exact) mass is 240 g/mol. The van der Waals surface area contributed by atoms with Crippen molar-refractivity contribution in [3.63, 3.8) is 0 Å². The Kier molecular flexibility index (Phi) is 3.38. The van der Waals surface area contributed by atoms with Crippen LogP contribution in [0.2, 0.25) is 0 Å². The van der Waals surface area contributed by atoms with Crippen LogP contribution in [0.15, 0.2) is 36.5 Å². The lowest BCUT2D eigenvalue weighted by Crippen LogP contribution is -1.97. The summed E-state index contributed by atoms with van der Waals surface area (Å²) in [6.45, 7) is 3.81. The molecule has 0 saturated heterocycles. The van der Waals surface area contributed by atoms with E-state index in [-0.39, 0.29) is 11.7 Å². The van der Waals surface area contributed by atoms with Gasteiger partial charge in [0, 0.05) is 11.8 Å². The fourth-order valence-electron chi connectivity index (χ4n) is 1.80. The van der Waals surface area contributed by atoms with Crippen LogP contribution >= 0.6 is 0 Å². The Morgan fingerprint density at radius 2 is 2.00 bits per heavy atom. The minimum atomic E-state index is -0.301. The van der Waals surface area contributed by atoms with Crippen LogP contribution in [0.1, 0.15) is 31.0 Å².